The molecule has 2 heterocycles. The zero-order chi connectivity index (χ0) is 15.4. The van der Waals surface area contributed by atoms with E-state index in [0.717, 1.165) is 26.2 Å². The fraction of sp³-hybridized carbons (Fsp3) is 0.400. The summed E-state index contributed by atoms with van der Waals surface area (Å²) >= 11 is 1.30. The number of thioether (sulfide) groups is 1. The van der Waals surface area contributed by atoms with Crippen molar-refractivity contribution in [1.82, 2.24) is 15.1 Å². The van der Waals surface area contributed by atoms with Crippen molar-refractivity contribution in [3.63, 3.8) is 0 Å². The molecule has 1 fully saturated rings. The summed E-state index contributed by atoms with van der Waals surface area (Å²) in [6, 6.07) is 10.3. The molecule has 1 aromatic carbocycles. The Hall–Kier alpha value is -2.02. The van der Waals surface area contributed by atoms with Crippen LogP contribution in [0.5, 0.6) is 0 Å². The first-order valence-electron chi connectivity index (χ1n) is 7.23. The van der Waals surface area contributed by atoms with Gasteiger partial charge in [0.2, 0.25) is 11.8 Å². The number of para-hydroxylation sites is 1. The molecule has 1 aromatic heterocycles. The average Bonchev–Trinajstić information content (AvgIpc) is 2.99. The molecule has 0 N–H and O–H groups in total. The van der Waals surface area contributed by atoms with E-state index >= 15 is 0 Å². The topological polar surface area (TPSA) is 62.5 Å². The molecule has 116 valence electrons. The molecule has 0 unspecified atom stereocenters. The number of piperazine rings is 1. The predicted octanol–water partition coefficient (Wildman–Crippen LogP) is 1.82. The van der Waals surface area contributed by atoms with Crippen molar-refractivity contribution in [2.75, 3.05) is 36.8 Å². The summed E-state index contributed by atoms with van der Waals surface area (Å²) in [5, 5.41) is 8.09. The number of rotatable bonds is 4. The van der Waals surface area contributed by atoms with E-state index in [0.29, 0.717) is 16.9 Å². The number of aryl methyl sites for hydroxylation is 1. The van der Waals surface area contributed by atoms with Gasteiger partial charge in [0.25, 0.3) is 5.22 Å². The van der Waals surface area contributed by atoms with Crippen LogP contribution in [0.1, 0.15) is 5.89 Å². The van der Waals surface area contributed by atoms with E-state index in [9.17, 15) is 4.79 Å². The van der Waals surface area contributed by atoms with Crippen LogP contribution in [0.15, 0.2) is 40.0 Å². The highest BCUT2D eigenvalue weighted by Gasteiger charge is 2.21. The van der Waals surface area contributed by atoms with Crippen LogP contribution in [0, 0.1) is 6.92 Å². The Balaban J connectivity index is 1.47. The van der Waals surface area contributed by atoms with Gasteiger partial charge in [-0.15, -0.1) is 10.2 Å². The second-order valence-corrected chi connectivity index (χ2v) is 6.01. The van der Waals surface area contributed by atoms with Crippen molar-refractivity contribution >= 4 is 23.4 Å². The van der Waals surface area contributed by atoms with Crippen molar-refractivity contribution in [3.05, 3.63) is 36.2 Å². The Morgan fingerprint density at radius 3 is 2.55 bits per heavy atom. The third-order valence-electron chi connectivity index (χ3n) is 3.58. The number of carbonyl (C=O) groups is 1. The average molecular weight is 318 g/mol. The van der Waals surface area contributed by atoms with E-state index in [-0.39, 0.29) is 5.91 Å². The van der Waals surface area contributed by atoms with Crippen molar-refractivity contribution in [2.45, 2.75) is 12.1 Å². The third kappa shape index (κ3) is 3.59. The van der Waals surface area contributed by atoms with Crippen molar-refractivity contribution in [2.24, 2.45) is 0 Å². The van der Waals surface area contributed by atoms with Crippen LogP contribution >= 0.6 is 11.8 Å². The molecule has 3 rings (SSSR count). The largest absolute Gasteiger partial charge is 0.416 e. The highest BCUT2D eigenvalue weighted by molar-refractivity contribution is 7.99. The molecular weight excluding hydrogens is 300 g/mol. The molecule has 1 saturated heterocycles. The predicted molar refractivity (Wildman–Crippen MR) is 85.0 cm³/mol. The van der Waals surface area contributed by atoms with Gasteiger partial charge in [-0.25, -0.2) is 0 Å². The first kappa shape index (κ1) is 14.9. The quantitative estimate of drug-likeness (QED) is 0.801. The SMILES string of the molecule is Cc1nnc(SCC(=O)N2CCN(c3ccccc3)CC2)o1. The lowest BCUT2D eigenvalue weighted by Crippen LogP contribution is -2.49. The van der Waals surface area contributed by atoms with Gasteiger partial charge in [-0.2, -0.15) is 0 Å². The first-order chi connectivity index (χ1) is 10.7. The highest BCUT2D eigenvalue weighted by atomic mass is 32.2. The maximum atomic E-state index is 12.2. The van der Waals surface area contributed by atoms with Gasteiger partial charge in [0.15, 0.2) is 0 Å². The lowest BCUT2D eigenvalue weighted by Gasteiger charge is -2.36. The standard InChI is InChI=1S/C15H18N4O2S/c1-12-16-17-15(21-12)22-11-14(20)19-9-7-18(8-10-19)13-5-3-2-4-6-13/h2-6H,7-11H2,1H3. The van der Waals surface area contributed by atoms with Crippen LogP contribution < -0.4 is 4.90 Å². The highest BCUT2D eigenvalue weighted by Crippen LogP contribution is 2.18. The van der Waals surface area contributed by atoms with Gasteiger partial charge < -0.3 is 14.2 Å². The van der Waals surface area contributed by atoms with Gasteiger partial charge in [0, 0.05) is 38.8 Å². The van der Waals surface area contributed by atoms with E-state index in [2.05, 4.69) is 27.2 Å². The Morgan fingerprint density at radius 1 is 1.18 bits per heavy atom. The van der Waals surface area contributed by atoms with Gasteiger partial charge in [0.05, 0.1) is 5.75 Å². The number of anilines is 1. The molecule has 1 aliphatic rings. The fourth-order valence-electron chi connectivity index (χ4n) is 2.40. The van der Waals surface area contributed by atoms with Crippen LogP contribution in [0.4, 0.5) is 5.69 Å². The number of carbonyl (C=O) groups excluding carboxylic acids is 1. The smallest absolute Gasteiger partial charge is 0.277 e. The van der Waals surface area contributed by atoms with Gasteiger partial charge in [-0.1, -0.05) is 30.0 Å². The molecular formula is C15H18N4O2S. The number of benzene rings is 1. The zero-order valence-corrected chi connectivity index (χ0v) is 13.3. The normalized spacial score (nSPS) is 15.1. The minimum atomic E-state index is 0.119. The summed E-state index contributed by atoms with van der Waals surface area (Å²) in [5.41, 5.74) is 1.21. The van der Waals surface area contributed by atoms with Gasteiger partial charge in [-0.3, -0.25) is 4.79 Å². The Morgan fingerprint density at radius 2 is 1.91 bits per heavy atom. The Labute approximate surface area is 133 Å². The number of hydrogen-bond donors (Lipinski definition) is 0. The summed E-state index contributed by atoms with van der Waals surface area (Å²) in [7, 11) is 0. The molecule has 0 atom stereocenters. The molecule has 2 aromatic rings. The summed E-state index contributed by atoms with van der Waals surface area (Å²) in [5.74, 6) is 0.979. The van der Waals surface area contributed by atoms with Gasteiger partial charge in [-0.05, 0) is 12.1 Å². The van der Waals surface area contributed by atoms with Crippen LogP contribution in [-0.4, -0.2) is 52.9 Å². The monoisotopic (exact) mass is 318 g/mol. The Kier molecular flexibility index (Phi) is 4.62. The van der Waals surface area contributed by atoms with E-state index in [1.807, 2.05) is 23.1 Å². The number of amides is 1. The van der Waals surface area contributed by atoms with Crippen molar-refractivity contribution in [3.8, 4) is 0 Å². The molecule has 1 amide bonds. The van der Waals surface area contributed by atoms with Crippen molar-refractivity contribution < 1.29 is 9.21 Å². The molecule has 6 nitrogen and oxygen atoms in total. The van der Waals surface area contributed by atoms with Crippen molar-refractivity contribution in [1.29, 1.82) is 0 Å². The number of hydrogen-bond acceptors (Lipinski definition) is 6. The number of aromatic nitrogens is 2. The van der Waals surface area contributed by atoms with Crippen LogP contribution in [-0.2, 0) is 4.79 Å². The third-order valence-corrected chi connectivity index (χ3v) is 4.38. The number of nitrogens with zero attached hydrogens (tertiary/aromatic N) is 4. The van der Waals surface area contributed by atoms with Crippen LogP contribution in [0.2, 0.25) is 0 Å². The summed E-state index contributed by atoms with van der Waals surface area (Å²) in [4.78, 5) is 16.4. The molecule has 0 radical (unpaired) electrons. The second-order valence-electron chi connectivity index (χ2n) is 5.08. The lowest BCUT2D eigenvalue weighted by molar-refractivity contribution is -0.128. The van der Waals surface area contributed by atoms with E-state index in [4.69, 9.17) is 4.42 Å². The van der Waals surface area contributed by atoms with Crippen LogP contribution in [0.3, 0.4) is 0 Å². The first-order valence-corrected chi connectivity index (χ1v) is 8.21. The second kappa shape index (κ2) is 6.83. The van der Waals surface area contributed by atoms with E-state index < -0.39 is 0 Å². The van der Waals surface area contributed by atoms with Crippen LogP contribution in [0.25, 0.3) is 0 Å². The molecule has 7 heteroatoms. The molecule has 22 heavy (non-hydrogen) atoms. The van der Waals surface area contributed by atoms with E-state index in [1.165, 1.54) is 17.4 Å². The molecule has 0 bridgehead atoms. The molecule has 1 aliphatic heterocycles. The summed E-state index contributed by atoms with van der Waals surface area (Å²) in [6.07, 6.45) is 0. The minimum absolute atomic E-state index is 0.119. The summed E-state index contributed by atoms with van der Waals surface area (Å²) < 4.78 is 5.26. The molecule has 0 aliphatic carbocycles. The van der Waals surface area contributed by atoms with Gasteiger partial charge >= 0.3 is 0 Å². The Bertz CT molecular complexity index is 623. The van der Waals surface area contributed by atoms with Gasteiger partial charge in [0.1, 0.15) is 0 Å². The maximum absolute atomic E-state index is 12.2. The minimum Gasteiger partial charge on any atom is -0.416 e. The fourth-order valence-corrected chi connectivity index (χ4v) is 3.11. The lowest BCUT2D eigenvalue weighted by atomic mass is 10.2. The zero-order valence-electron chi connectivity index (χ0n) is 12.4. The summed E-state index contributed by atoms with van der Waals surface area (Å²) in [6.45, 7) is 4.95. The molecule has 0 saturated carbocycles. The molecule has 0 spiro atoms. The van der Waals surface area contributed by atoms with E-state index in [1.54, 1.807) is 6.92 Å². The maximum Gasteiger partial charge on any atom is 0.277 e.